The molecular formula is C28H23NO2. The van der Waals surface area contributed by atoms with E-state index in [9.17, 15) is 5.11 Å². The zero-order valence-electron chi connectivity index (χ0n) is 17.3. The summed E-state index contributed by atoms with van der Waals surface area (Å²) in [5, 5.41) is 9.98. The first kappa shape index (κ1) is 19.1. The summed E-state index contributed by atoms with van der Waals surface area (Å²) in [7, 11) is 0. The Morgan fingerprint density at radius 3 is 2.32 bits per heavy atom. The van der Waals surface area contributed by atoms with Gasteiger partial charge in [-0.05, 0) is 42.7 Å². The van der Waals surface area contributed by atoms with E-state index in [1.807, 2.05) is 54.6 Å². The zero-order chi connectivity index (χ0) is 21.3. The number of hydrogen-bond acceptors (Lipinski definition) is 3. The van der Waals surface area contributed by atoms with Gasteiger partial charge in [-0.25, -0.2) is 4.98 Å². The lowest BCUT2D eigenvalue weighted by atomic mass is 9.80. The van der Waals surface area contributed by atoms with Gasteiger partial charge in [0.15, 0.2) is 0 Å². The molecule has 0 fully saturated rings. The minimum absolute atomic E-state index is 0.233. The van der Waals surface area contributed by atoms with Crippen LogP contribution in [0.2, 0.25) is 0 Å². The number of aromatic hydroxyl groups is 1. The van der Waals surface area contributed by atoms with E-state index in [0.29, 0.717) is 5.89 Å². The minimum atomic E-state index is -0.273. The van der Waals surface area contributed by atoms with Crippen molar-refractivity contribution in [3.63, 3.8) is 0 Å². The van der Waals surface area contributed by atoms with Crippen molar-refractivity contribution in [2.24, 2.45) is 0 Å². The standard InChI is InChI=1S/C28H23NO2/c1-28(17-8-3-9-18-28)26-25(20-11-4-2-5-12-20)29-27(31-26)24-16-7-6-15-23(24)21-13-10-14-22(30)19-21/h2-17,19,30H,18H2,1H3. The predicted octanol–water partition coefficient (Wildman–Crippen LogP) is 7.16. The SMILES string of the molecule is CC1(c2oc(-c3ccccc3-c3cccc(O)c3)nc2-c2ccccc2)C=CC=CC1. The molecule has 152 valence electrons. The molecule has 4 aromatic rings. The Labute approximate surface area is 182 Å². The van der Waals surface area contributed by atoms with Crippen molar-refractivity contribution in [2.45, 2.75) is 18.8 Å². The highest BCUT2D eigenvalue weighted by atomic mass is 16.4. The van der Waals surface area contributed by atoms with Crippen LogP contribution in [0, 0.1) is 0 Å². The second kappa shape index (κ2) is 7.77. The van der Waals surface area contributed by atoms with E-state index in [0.717, 1.165) is 40.1 Å². The molecule has 1 aliphatic rings. The van der Waals surface area contributed by atoms with Crippen LogP contribution in [0.4, 0.5) is 0 Å². The Balaban J connectivity index is 1.71. The first-order valence-corrected chi connectivity index (χ1v) is 10.4. The molecule has 3 aromatic carbocycles. The molecular weight excluding hydrogens is 382 g/mol. The average molecular weight is 405 g/mol. The number of nitrogens with zero attached hydrogens (tertiary/aromatic N) is 1. The summed E-state index contributed by atoms with van der Waals surface area (Å²) in [6, 6.07) is 25.5. The molecule has 0 bridgehead atoms. The second-order valence-corrected chi connectivity index (χ2v) is 8.07. The molecule has 1 N–H and O–H groups in total. The van der Waals surface area contributed by atoms with Gasteiger partial charge in [-0.3, -0.25) is 0 Å². The first-order valence-electron chi connectivity index (χ1n) is 10.4. The number of benzene rings is 3. The molecule has 0 saturated carbocycles. The summed E-state index contributed by atoms with van der Waals surface area (Å²) in [5.74, 6) is 1.67. The number of hydrogen-bond donors (Lipinski definition) is 1. The Morgan fingerprint density at radius 2 is 1.58 bits per heavy atom. The fourth-order valence-corrected chi connectivity index (χ4v) is 4.10. The molecule has 3 heteroatoms. The van der Waals surface area contributed by atoms with Crippen molar-refractivity contribution in [3.05, 3.63) is 109 Å². The molecule has 1 unspecified atom stereocenters. The van der Waals surface area contributed by atoms with Crippen LogP contribution in [0.1, 0.15) is 19.1 Å². The third-order valence-electron chi connectivity index (χ3n) is 5.76. The highest BCUT2D eigenvalue weighted by molar-refractivity contribution is 5.81. The molecule has 1 heterocycles. The monoisotopic (exact) mass is 405 g/mol. The molecule has 3 nitrogen and oxygen atoms in total. The van der Waals surface area contributed by atoms with E-state index in [2.05, 4.69) is 43.4 Å². The van der Waals surface area contributed by atoms with Crippen molar-refractivity contribution >= 4 is 0 Å². The van der Waals surface area contributed by atoms with Crippen molar-refractivity contribution in [1.82, 2.24) is 4.98 Å². The van der Waals surface area contributed by atoms with Crippen molar-refractivity contribution in [1.29, 1.82) is 0 Å². The van der Waals surface area contributed by atoms with Crippen molar-refractivity contribution in [2.75, 3.05) is 0 Å². The number of phenolic OH excluding ortho intramolecular Hbond substituents is 1. The molecule has 0 saturated heterocycles. The molecule has 31 heavy (non-hydrogen) atoms. The molecule has 1 atom stereocenters. The van der Waals surface area contributed by atoms with Gasteiger partial charge in [0.25, 0.3) is 0 Å². The van der Waals surface area contributed by atoms with Crippen LogP contribution in [0.15, 0.2) is 108 Å². The smallest absolute Gasteiger partial charge is 0.227 e. The Bertz CT molecular complexity index is 1280. The van der Waals surface area contributed by atoms with E-state index in [1.165, 1.54) is 0 Å². The summed E-state index contributed by atoms with van der Waals surface area (Å²) in [6.45, 7) is 2.19. The first-order chi connectivity index (χ1) is 15.1. The Hall–Kier alpha value is -3.85. The van der Waals surface area contributed by atoms with Gasteiger partial charge < -0.3 is 9.52 Å². The van der Waals surface area contributed by atoms with Crippen molar-refractivity contribution < 1.29 is 9.52 Å². The van der Waals surface area contributed by atoms with E-state index in [1.54, 1.807) is 12.1 Å². The number of oxazole rings is 1. The van der Waals surface area contributed by atoms with Crippen LogP contribution in [0.5, 0.6) is 5.75 Å². The van der Waals surface area contributed by atoms with Gasteiger partial charge in [0.1, 0.15) is 17.2 Å². The van der Waals surface area contributed by atoms with Crippen LogP contribution in [0.3, 0.4) is 0 Å². The lowest BCUT2D eigenvalue weighted by Crippen LogP contribution is -2.19. The minimum Gasteiger partial charge on any atom is -0.508 e. The molecule has 0 radical (unpaired) electrons. The van der Waals surface area contributed by atoms with E-state index in [4.69, 9.17) is 9.40 Å². The van der Waals surface area contributed by atoms with Crippen LogP contribution >= 0.6 is 0 Å². The number of rotatable bonds is 4. The number of aromatic nitrogens is 1. The van der Waals surface area contributed by atoms with Gasteiger partial charge in [-0.1, -0.05) is 85.0 Å². The summed E-state index contributed by atoms with van der Waals surface area (Å²) in [4.78, 5) is 4.99. The topological polar surface area (TPSA) is 46.3 Å². The molecule has 1 aromatic heterocycles. The number of phenols is 1. The molecule has 0 spiro atoms. The van der Waals surface area contributed by atoms with Crippen LogP contribution in [-0.4, -0.2) is 10.1 Å². The van der Waals surface area contributed by atoms with Crippen LogP contribution < -0.4 is 0 Å². The molecule has 0 aliphatic heterocycles. The summed E-state index contributed by atoms with van der Waals surface area (Å²) < 4.78 is 6.53. The van der Waals surface area contributed by atoms with E-state index >= 15 is 0 Å². The maximum Gasteiger partial charge on any atom is 0.227 e. The lowest BCUT2D eigenvalue weighted by Gasteiger charge is -2.24. The molecule has 0 amide bonds. The van der Waals surface area contributed by atoms with Crippen molar-refractivity contribution in [3.8, 4) is 39.6 Å². The summed E-state index contributed by atoms with van der Waals surface area (Å²) in [5.41, 5.74) is 4.41. The lowest BCUT2D eigenvalue weighted by molar-refractivity contribution is 0.425. The van der Waals surface area contributed by atoms with Gasteiger partial charge >= 0.3 is 0 Å². The molecule has 5 rings (SSSR count). The Morgan fingerprint density at radius 1 is 0.839 bits per heavy atom. The quantitative estimate of drug-likeness (QED) is 0.392. The zero-order valence-corrected chi connectivity index (χ0v) is 17.3. The fourth-order valence-electron chi connectivity index (χ4n) is 4.10. The van der Waals surface area contributed by atoms with Gasteiger partial charge in [-0.15, -0.1) is 0 Å². The largest absolute Gasteiger partial charge is 0.508 e. The predicted molar refractivity (Wildman–Crippen MR) is 125 cm³/mol. The van der Waals surface area contributed by atoms with Gasteiger partial charge in [0.05, 0.1) is 0 Å². The van der Waals surface area contributed by atoms with Crippen LogP contribution in [0.25, 0.3) is 33.8 Å². The maximum absolute atomic E-state index is 9.98. The third kappa shape index (κ3) is 3.59. The molecule has 1 aliphatic carbocycles. The summed E-state index contributed by atoms with van der Waals surface area (Å²) in [6.07, 6.45) is 9.34. The van der Waals surface area contributed by atoms with Crippen LogP contribution in [-0.2, 0) is 5.41 Å². The highest BCUT2D eigenvalue weighted by Crippen LogP contribution is 2.42. The van der Waals surface area contributed by atoms with Gasteiger partial charge in [-0.2, -0.15) is 0 Å². The number of allylic oxidation sites excluding steroid dienone is 4. The van der Waals surface area contributed by atoms with Gasteiger partial charge in [0, 0.05) is 16.5 Å². The van der Waals surface area contributed by atoms with E-state index in [-0.39, 0.29) is 11.2 Å². The highest BCUT2D eigenvalue weighted by Gasteiger charge is 2.33. The maximum atomic E-state index is 9.98. The average Bonchev–Trinajstić information content (AvgIpc) is 3.27. The summed E-state index contributed by atoms with van der Waals surface area (Å²) >= 11 is 0. The normalized spacial score (nSPS) is 17.7. The Kier molecular flexibility index (Phi) is 4.79. The third-order valence-corrected chi connectivity index (χ3v) is 5.76. The second-order valence-electron chi connectivity index (χ2n) is 8.07. The van der Waals surface area contributed by atoms with E-state index < -0.39 is 0 Å². The fraction of sp³-hybridized carbons (Fsp3) is 0.107. The van der Waals surface area contributed by atoms with Gasteiger partial charge in [0.2, 0.25) is 5.89 Å².